The van der Waals surface area contributed by atoms with Gasteiger partial charge in [0.15, 0.2) is 12.4 Å². The summed E-state index contributed by atoms with van der Waals surface area (Å²) in [5.41, 5.74) is 1.97. The summed E-state index contributed by atoms with van der Waals surface area (Å²) >= 11 is 6.04. The highest BCUT2D eigenvalue weighted by Crippen LogP contribution is 2.25. The van der Waals surface area contributed by atoms with Crippen molar-refractivity contribution in [2.45, 2.75) is 6.92 Å². The van der Waals surface area contributed by atoms with Gasteiger partial charge in [-0.2, -0.15) is 0 Å². The number of hydrogen-bond acceptors (Lipinski definition) is 4. The minimum Gasteiger partial charge on any atom is -0.480 e. The number of Topliss-reactive ketones (excluding diaryl/α,β-unsaturated/α-hetero) is 1. The van der Waals surface area contributed by atoms with Gasteiger partial charge >= 0.3 is 5.97 Å². The Morgan fingerprint density at radius 3 is 2.70 bits per heavy atom. The van der Waals surface area contributed by atoms with Crippen LogP contribution in [-0.2, 0) is 4.79 Å². The Kier molecular flexibility index (Phi) is 5.49. The first-order valence-electron chi connectivity index (χ1n) is 6.75. The molecule has 0 atom stereocenters. The summed E-state index contributed by atoms with van der Waals surface area (Å²) in [6.45, 7) is 1.05. The molecule has 0 bridgehead atoms. The molecule has 0 spiro atoms. The van der Waals surface area contributed by atoms with Gasteiger partial charge in [0.05, 0.1) is 10.7 Å². The van der Waals surface area contributed by atoms with E-state index in [1.54, 1.807) is 48.7 Å². The molecule has 2 aromatic rings. The van der Waals surface area contributed by atoms with E-state index < -0.39 is 12.6 Å². The Hall–Kier alpha value is -2.66. The number of halogens is 1. The molecule has 0 aromatic heterocycles. The molecule has 0 heterocycles. The molecule has 0 aliphatic rings. The fraction of sp³-hybridized carbons (Fsp3) is 0.118. The number of carboxylic acid groups (broad SMARTS) is 1. The van der Waals surface area contributed by atoms with Crippen molar-refractivity contribution in [2.24, 2.45) is 4.99 Å². The van der Waals surface area contributed by atoms with E-state index in [9.17, 15) is 9.59 Å². The standard InChI is InChI=1S/C17H14ClNO4/c1-11(20)13-3-2-4-14(8-13)19-9-12-5-6-16(15(18)7-12)23-10-17(21)22/h2-9H,10H2,1H3,(H,21,22). The van der Waals surface area contributed by atoms with E-state index in [1.165, 1.54) is 6.92 Å². The minimum absolute atomic E-state index is 0.0231. The fourth-order valence-electron chi connectivity index (χ4n) is 1.81. The van der Waals surface area contributed by atoms with Crippen LogP contribution in [0.4, 0.5) is 5.69 Å². The van der Waals surface area contributed by atoms with Gasteiger partial charge in [0.25, 0.3) is 0 Å². The number of rotatable bonds is 6. The van der Waals surface area contributed by atoms with E-state index in [0.717, 1.165) is 5.56 Å². The van der Waals surface area contributed by atoms with Crippen LogP contribution in [0.1, 0.15) is 22.8 Å². The summed E-state index contributed by atoms with van der Waals surface area (Å²) in [4.78, 5) is 26.1. The molecule has 0 saturated carbocycles. The van der Waals surface area contributed by atoms with Gasteiger partial charge in [0.2, 0.25) is 0 Å². The lowest BCUT2D eigenvalue weighted by molar-refractivity contribution is -0.139. The molecule has 0 radical (unpaired) electrons. The van der Waals surface area contributed by atoms with E-state index in [1.807, 2.05) is 0 Å². The first kappa shape index (κ1) is 16.7. The maximum absolute atomic E-state index is 11.3. The predicted octanol–water partition coefficient (Wildman–Crippen LogP) is 3.76. The highest BCUT2D eigenvalue weighted by atomic mass is 35.5. The summed E-state index contributed by atoms with van der Waals surface area (Å²) < 4.78 is 5.04. The molecule has 2 rings (SSSR count). The average molecular weight is 332 g/mol. The number of ketones is 1. The quantitative estimate of drug-likeness (QED) is 0.646. The largest absolute Gasteiger partial charge is 0.480 e. The zero-order valence-corrected chi connectivity index (χ0v) is 13.1. The van der Waals surface area contributed by atoms with Crippen molar-refractivity contribution in [1.29, 1.82) is 0 Å². The van der Waals surface area contributed by atoms with Crippen LogP contribution in [0.5, 0.6) is 5.75 Å². The van der Waals surface area contributed by atoms with Crippen LogP contribution in [-0.4, -0.2) is 29.7 Å². The number of aliphatic carboxylic acids is 1. The first-order valence-corrected chi connectivity index (χ1v) is 7.13. The van der Waals surface area contributed by atoms with E-state index in [-0.39, 0.29) is 5.78 Å². The lowest BCUT2D eigenvalue weighted by Gasteiger charge is -2.05. The third-order valence-electron chi connectivity index (χ3n) is 2.92. The molecule has 0 saturated heterocycles. The number of carboxylic acids is 1. The van der Waals surface area contributed by atoms with Gasteiger partial charge in [0.1, 0.15) is 5.75 Å². The predicted molar refractivity (Wildman–Crippen MR) is 88.3 cm³/mol. The molecule has 0 amide bonds. The van der Waals surface area contributed by atoms with Crippen molar-refractivity contribution in [3.63, 3.8) is 0 Å². The molecule has 0 unspecified atom stereocenters. The summed E-state index contributed by atoms with van der Waals surface area (Å²) in [6, 6.07) is 11.9. The summed E-state index contributed by atoms with van der Waals surface area (Å²) in [5.74, 6) is -0.799. The van der Waals surface area contributed by atoms with Crippen molar-refractivity contribution >= 4 is 35.3 Å². The molecular formula is C17H14ClNO4. The molecule has 6 heteroatoms. The minimum atomic E-state index is -1.07. The Morgan fingerprint density at radius 1 is 1.26 bits per heavy atom. The maximum atomic E-state index is 11.3. The lowest BCUT2D eigenvalue weighted by atomic mass is 10.1. The molecule has 118 valence electrons. The number of nitrogens with zero attached hydrogens (tertiary/aromatic N) is 1. The van der Waals surface area contributed by atoms with Crippen LogP contribution in [0.25, 0.3) is 0 Å². The SMILES string of the molecule is CC(=O)c1cccc(N=Cc2ccc(OCC(=O)O)c(Cl)c2)c1. The van der Waals surface area contributed by atoms with Crippen LogP contribution in [0.2, 0.25) is 5.02 Å². The number of carbonyl (C=O) groups is 2. The fourth-order valence-corrected chi connectivity index (χ4v) is 2.05. The number of aliphatic imine (C=N–C) groups is 1. The summed E-state index contributed by atoms with van der Waals surface area (Å²) in [6.07, 6.45) is 1.60. The molecule has 0 aliphatic heterocycles. The topological polar surface area (TPSA) is 76.0 Å². The van der Waals surface area contributed by atoms with Crippen molar-refractivity contribution in [2.75, 3.05) is 6.61 Å². The third kappa shape index (κ3) is 4.93. The molecule has 0 aliphatic carbocycles. The van der Waals surface area contributed by atoms with Crippen LogP contribution in [0, 0.1) is 0 Å². The van der Waals surface area contributed by atoms with Gasteiger partial charge in [-0.15, -0.1) is 0 Å². The van der Waals surface area contributed by atoms with Crippen molar-refractivity contribution in [3.05, 3.63) is 58.6 Å². The van der Waals surface area contributed by atoms with Gasteiger partial charge in [-0.25, -0.2) is 4.79 Å². The average Bonchev–Trinajstić information content (AvgIpc) is 2.52. The summed E-state index contributed by atoms with van der Waals surface area (Å²) in [7, 11) is 0. The normalized spacial score (nSPS) is 10.7. The third-order valence-corrected chi connectivity index (χ3v) is 3.22. The van der Waals surface area contributed by atoms with Crippen LogP contribution in [0.15, 0.2) is 47.5 Å². The zero-order chi connectivity index (χ0) is 16.8. The molecule has 5 nitrogen and oxygen atoms in total. The van der Waals surface area contributed by atoms with E-state index in [4.69, 9.17) is 21.4 Å². The number of carbonyl (C=O) groups excluding carboxylic acids is 1. The second-order valence-corrected chi connectivity index (χ2v) is 5.14. The Bertz CT molecular complexity index is 771. The Morgan fingerprint density at radius 2 is 2.04 bits per heavy atom. The second-order valence-electron chi connectivity index (χ2n) is 4.74. The van der Waals surface area contributed by atoms with Crippen molar-refractivity contribution in [1.82, 2.24) is 0 Å². The van der Waals surface area contributed by atoms with Gasteiger partial charge in [0, 0.05) is 11.8 Å². The van der Waals surface area contributed by atoms with E-state index in [0.29, 0.717) is 22.0 Å². The molecule has 2 aromatic carbocycles. The highest BCUT2D eigenvalue weighted by molar-refractivity contribution is 6.32. The van der Waals surface area contributed by atoms with Crippen LogP contribution >= 0.6 is 11.6 Å². The Labute approximate surface area is 138 Å². The maximum Gasteiger partial charge on any atom is 0.341 e. The Balaban J connectivity index is 2.14. The van der Waals surface area contributed by atoms with Crippen molar-refractivity contribution in [3.8, 4) is 5.75 Å². The number of ether oxygens (including phenoxy) is 1. The number of benzene rings is 2. The van der Waals surface area contributed by atoms with Crippen LogP contribution < -0.4 is 4.74 Å². The zero-order valence-electron chi connectivity index (χ0n) is 12.3. The van der Waals surface area contributed by atoms with E-state index >= 15 is 0 Å². The van der Waals surface area contributed by atoms with Gasteiger partial charge in [-0.3, -0.25) is 9.79 Å². The summed E-state index contributed by atoms with van der Waals surface area (Å²) in [5, 5.41) is 8.88. The van der Waals surface area contributed by atoms with Crippen molar-refractivity contribution < 1.29 is 19.4 Å². The molecule has 1 N–H and O–H groups in total. The first-order chi connectivity index (χ1) is 11.0. The van der Waals surface area contributed by atoms with Crippen LogP contribution in [0.3, 0.4) is 0 Å². The van der Waals surface area contributed by atoms with Gasteiger partial charge in [-0.1, -0.05) is 23.7 Å². The molecular weight excluding hydrogens is 318 g/mol. The monoisotopic (exact) mass is 331 g/mol. The van der Waals surface area contributed by atoms with E-state index in [2.05, 4.69) is 4.99 Å². The molecule has 23 heavy (non-hydrogen) atoms. The van der Waals surface area contributed by atoms with Gasteiger partial charge in [-0.05, 0) is 42.8 Å². The lowest BCUT2D eigenvalue weighted by Crippen LogP contribution is -2.09. The second kappa shape index (κ2) is 7.56. The number of hydrogen-bond donors (Lipinski definition) is 1. The smallest absolute Gasteiger partial charge is 0.341 e. The van der Waals surface area contributed by atoms with Gasteiger partial charge < -0.3 is 9.84 Å². The highest BCUT2D eigenvalue weighted by Gasteiger charge is 2.05. The molecule has 0 fully saturated rings.